The van der Waals surface area contributed by atoms with Crippen LogP contribution < -0.4 is 15.4 Å². The highest BCUT2D eigenvalue weighted by Crippen LogP contribution is 2.34. The topological polar surface area (TPSA) is 91.2 Å². The van der Waals surface area contributed by atoms with Crippen LogP contribution in [0.3, 0.4) is 0 Å². The van der Waals surface area contributed by atoms with Crippen LogP contribution >= 0.6 is 31.9 Å². The van der Waals surface area contributed by atoms with Crippen molar-refractivity contribution in [1.29, 1.82) is 5.26 Å². The normalized spacial score (nSPS) is 10.9. The molecule has 178 valence electrons. The van der Waals surface area contributed by atoms with Gasteiger partial charge in [-0.25, -0.2) is 4.39 Å². The summed E-state index contributed by atoms with van der Waals surface area (Å²) >= 11 is 6.79. The number of carbonyl (C=O) groups is 2. The lowest BCUT2D eigenvalue weighted by Crippen LogP contribution is -2.21. The van der Waals surface area contributed by atoms with Crippen LogP contribution in [0.25, 0.3) is 6.08 Å². The number of benzene rings is 3. The van der Waals surface area contributed by atoms with E-state index < -0.39 is 11.7 Å². The zero-order valence-electron chi connectivity index (χ0n) is 18.8. The van der Waals surface area contributed by atoms with Gasteiger partial charge in [-0.3, -0.25) is 9.59 Å². The van der Waals surface area contributed by atoms with E-state index in [0.717, 1.165) is 11.1 Å². The summed E-state index contributed by atoms with van der Waals surface area (Å²) in [7, 11) is 0. The molecule has 2 amide bonds. The predicted molar refractivity (Wildman–Crippen MR) is 141 cm³/mol. The van der Waals surface area contributed by atoms with Crippen LogP contribution in [0, 0.1) is 31.0 Å². The van der Waals surface area contributed by atoms with E-state index in [0.29, 0.717) is 25.9 Å². The number of anilines is 2. The molecule has 0 aliphatic rings. The first kappa shape index (κ1) is 26.1. The van der Waals surface area contributed by atoms with Gasteiger partial charge in [-0.05, 0) is 89.4 Å². The van der Waals surface area contributed by atoms with Crippen molar-refractivity contribution < 1.29 is 18.7 Å². The molecule has 35 heavy (non-hydrogen) atoms. The molecule has 0 atom stereocenters. The minimum absolute atomic E-state index is 0.205. The molecule has 0 aliphatic heterocycles. The van der Waals surface area contributed by atoms with Gasteiger partial charge in [-0.15, -0.1) is 0 Å². The summed E-state index contributed by atoms with van der Waals surface area (Å²) in [5.74, 6) is -1.19. The number of nitriles is 1. The predicted octanol–water partition coefficient (Wildman–Crippen LogP) is 6.53. The number of nitrogens with one attached hydrogen (secondary N) is 2. The summed E-state index contributed by atoms with van der Waals surface area (Å²) in [4.78, 5) is 25.2. The molecule has 3 aromatic carbocycles. The maximum absolute atomic E-state index is 13.1. The molecule has 0 bridgehead atoms. The maximum Gasteiger partial charge on any atom is 0.266 e. The number of halogens is 3. The molecule has 0 fully saturated rings. The minimum atomic E-state index is -0.672. The Morgan fingerprint density at radius 1 is 1.09 bits per heavy atom. The van der Waals surface area contributed by atoms with E-state index in [9.17, 15) is 19.2 Å². The van der Waals surface area contributed by atoms with Crippen LogP contribution in [0.4, 0.5) is 15.8 Å². The second-order valence-corrected chi connectivity index (χ2v) is 9.29. The van der Waals surface area contributed by atoms with Gasteiger partial charge < -0.3 is 15.4 Å². The van der Waals surface area contributed by atoms with Gasteiger partial charge in [0.25, 0.3) is 11.8 Å². The van der Waals surface area contributed by atoms with Crippen molar-refractivity contribution >= 4 is 61.1 Å². The fourth-order valence-corrected chi connectivity index (χ4v) is 4.46. The summed E-state index contributed by atoms with van der Waals surface area (Å²) in [5, 5.41) is 15.0. The Hall–Kier alpha value is -3.48. The van der Waals surface area contributed by atoms with Crippen molar-refractivity contribution in [2.24, 2.45) is 0 Å². The molecule has 9 heteroatoms. The van der Waals surface area contributed by atoms with Crippen molar-refractivity contribution in [1.82, 2.24) is 0 Å². The lowest BCUT2D eigenvalue weighted by molar-refractivity contribution is -0.118. The van der Waals surface area contributed by atoms with Gasteiger partial charge in [0.15, 0.2) is 6.61 Å². The number of carbonyl (C=O) groups excluding carboxylic acids is 2. The van der Waals surface area contributed by atoms with Gasteiger partial charge in [0.2, 0.25) is 0 Å². The van der Waals surface area contributed by atoms with Crippen molar-refractivity contribution in [3.05, 3.63) is 91.6 Å². The van der Waals surface area contributed by atoms with Crippen LogP contribution in [0.15, 0.2) is 69.1 Å². The molecule has 2 N–H and O–H groups in total. The Morgan fingerprint density at radius 2 is 1.80 bits per heavy atom. The first-order valence-corrected chi connectivity index (χ1v) is 11.9. The lowest BCUT2D eigenvalue weighted by atomic mass is 10.1. The van der Waals surface area contributed by atoms with Gasteiger partial charge in [0.05, 0.1) is 4.47 Å². The number of ether oxygens (including phenoxy) is 1. The molecule has 3 rings (SSSR count). The monoisotopic (exact) mass is 599 g/mol. The summed E-state index contributed by atoms with van der Waals surface area (Å²) in [6, 6.07) is 16.0. The fraction of sp³-hybridized carbons (Fsp3) is 0.115. The quantitative estimate of drug-likeness (QED) is 0.238. The molecular formula is C26H20Br2FN3O3. The third-order valence-electron chi connectivity index (χ3n) is 5.03. The van der Waals surface area contributed by atoms with Crippen LogP contribution in [0.2, 0.25) is 0 Å². The third kappa shape index (κ3) is 7.01. The van der Waals surface area contributed by atoms with Gasteiger partial charge >= 0.3 is 0 Å². The Balaban J connectivity index is 1.81. The van der Waals surface area contributed by atoms with E-state index >= 15 is 0 Å². The van der Waals surface area contributed by atoms with E-state index in [-0.39, 0.29) is 23.8 Å². The Bertz CT molecular complexity index is 1350. The van der Waals surface area contributed by atoms with Crippen molar-refractivity contribution in [2.45, 2.75) is 13.8 Å². The lowest BCUT2D eigenvalue weighted by Gasteiger charge is -2.14. The molecule has 0 heterocycles. The van der Waals surface area contributed by atoms with Crippen LogP contribution in [0.5, 0.6) is 5.75 Å². The van der Waals surface area contributed by atoms with E-state index in [2.05, 4.69) is 42.5 Å². The SMILES string of the molecule is Cc1cccc(NC(=O)COc2c(Br)cc(Br)cc2/C=C(\C#N)C(=O)Nc2ccc(F)cc2)c1C. The molecular weight excluding hydrogens is 581 g/mol. The van der Waals surface area contributed by atoms with Crippen molar-refractivity contribution in [3.63, 3.8) is 0 Å². The number of rotatable bonds is 7. The Labute approximate surface area is 219 Å². The summed E-state index contributed by atoms with van der Waals surface area (Å²) in [6.07, 6.45) is 1.35. The highest BCUT2D eigenvalue weighted by Gasteiger charge is 2.16. The molecule has 0 saturated carbocycles. The number of hydrogen-bond acceptors (Lipinski definition) is 4. The van der Waals surface area contributed by atoms with Gasteiger partial charge in [-0.2, -0.15) is 5.26 Å². The molecule has 0 aliphatic carbocycles. The molecule has 0 saturated heterocycles. The summed E-state index contributed by atoms with van der Waals surface area (Å²) < 4.78 is 20.1. The second kappa shape index (κ2) is 11.8. The minimum Gasteiger partial charge on any atom is -0.482 e. The van der Waals surface area contributed by atoms with Crippen molar-refractivity contribution in [2.75, 3.05) is 17.2 Å². The Morgan fingerprint density at radius 3 is 2.49 bits per heavy atom. The van der Waals surface area contributed by atoms with Crippen LogP contribution in [0.1, 0.15) is 16.7 Å². The van der Waals surface area contributed by atoms with Crippen LogP contribution in [-0.2, 0) is 9.59 Å². The van der Waals surface area contributed by atoms with Gasteiger partial charge in [0, 0.05) is 21.4 Å². The molecule has 6 nitrogen and oxygen atoms in total. The zero-order valence-corrected chi connectivity index (χ0v) is 22.0. The molecule has 0 aromatic heterocycles. The molecule has 0 unspecified atom stereocenters. The van der Waals surface area contributed by atoms with Crippen molar-refractivity contribution in [3.8, 4) is 11.8 Å². The summed E-state index contributed by atoms with van der Waals surface area (Å²) in [6.45, 7) is 3.58. The standard InChI is InChI=1S/C26H20Br2FN3O3/c1-15-4-3-5-23(16(15)2)32-24(33)14-35-25-17(11-19(27)12-22(25)28)10-18(13-30)26(34)31-21-8-6-20(29)7-9-21/h3-12H,14H2,1-2H3,(H,31,34)(H,32,33)/b18-10+. The maximum atomic E-state index is 13.1. The van der Waals surface area contributed by atoms with E-state index in [4.69, 9.17) is 4.74 Å². The smallest absolute Gasteiger partial charge is 0.266 e. The molecule has 3 aromatic rings. The van der Waals surface area contributed by atoms with E-state index in [1.807, 2.05) is 38.1 Å². The van der Waals surface area contributed by atoms with Gasteiger partial charge in [-0.1, -0.05) is 28.1 Å². The number of amides is 2. The van der Waals surface area contributed by atoms with E-state index in [1.165, 1.54) is 30.3 Å². The van der Waals surface area contributed by atoms with Gasteiger partial charge in [0.1, 0.15) is 23.2 Å². The van der Waals surface area contributed by atoms with Crippen LogP contribution in [-0.4, -0.2) is 18.4 Å². The molecule has 0 radical (unpaired) electrons. The molecule has 0 spiro atoms. The largest absolute Gasteiger partial charge is 0.482 e. The number of nitrogens with zero attached hydrogens (tertiary/aromatic N) is 1. The number of aryl methyl sites for hydroxylation is 1. The second-order valence-electron chi connectivity index (χ2n) is 7.52. The highest BCUT2D eigenvalue weighted by atomic mass is 79.9. The third-order valence-corrected chi connectivity index (χ3v) is 6.08. The fourth-order valence-electron chi connectivity index (χ4n) is 3.09. The Kier molecular flexibility index (Phi) is 8.79. The first-order valence-electron chi connectivity index (χ1n) is 10.3. The first-order chi connectivity index (χ1) is 16.7. The number of hydrogen-bond donors (Lipinski definition) is 2. The highest BCUT2D eigenvalue weighted by molar-refractivity contribution is 9.11. The average molecular weight is 601 g/mol. The summed E-state index contributed by atoms with van der Waals surface area (Å²) in [5.41, 5.74) is 3.24. The average Bonchev–Trinajstić information content (AvgIpc) is 2.81. The zero-order chi connectivity index (χ0) is 25.5. The van der Waals surface area contributed by atoms with E-state index in [1.54, 1.807) is 12.1 Å².